The highest BCUT2D eigenvalue weighted by Crippen LogP contribution is 2.36. The van der Waals surface area contributed by atoms with Gasteiger partial charge in [0.15, 0.2) is 0 Å². The average Bonchev–Trinajstić information content (AvgIpc) is 2.70. The van der Waals surface area contributed by atoms with Gasteiger partial charge in [-0.3, -0.25) is 9.69 Å². The second kappa shape index (κ2) is 8.47. The Bertz CT molecular complexity index is 987. The lowest BCUT2D eigenvalue weighted by molar-refractivity contribution is -0.115. The molecule has 1 unspecified atom stereocenters. The van der Waals surface area contributed by atoms with Crippen molar-refractivity contribution in [2.75, 3.05) is 18.4 Å². The van der Waals surface area contributed by atoms with E-state index in [0.717, 1.165) is 37.4 Å². The summed E-state index contributed by atoms with van der Waals surface area (Å²) >= 11 is 1.44. The van der Waals surface area contributed by atoms with Gasteiger partial charge >= 0.3 is 0 Å². The smallest absolute Gasteiger partial charge is 0.240 e. The molecule has 2 aromatic rings. The molecule has 2 aliphatic rings. The molecule has 2 aliphatic heterocycles. The minimum atomic E-state index is -3.63. The van der Waals surface area contributed by atoms with Crippen molar-refractivity contribution >= 4 is 33.4 Å². The molecule has 1 fully saturated rings. The third kappa shape index (κ3) is 4.83. The number of piperidine rings is 1. The number of fused-ring (bicyclic) bond motifs is 1. The molecule has 2 N–H and O–H groups in total. The van der Waals surface area contributed by atoms with E-state index in [4.69, 9.17) is 0 Å². The Morgan fingerprint density at radius 2 is 1.86 bits per heavy atom. The standard InChI is InChI=1S/C21H25N3O3S2/c1-15-21(25)22-19-13-18(7-8-20(19)28-15)29(26,27)23-17-9-11-24(12-10-17)14-16-5-3-2-4-6-16/h2-8,13,15,17,23H,9-12,14H2,1H3,(H,22,25). The first-order chi connectivity index (χ1) is 13.9. The van der Waals surface area contributed by atoms with Crippen LogP contribution >= 0.6 is 11.8 Å². The number of amides is 1. The molecule has 2 heterocycles. The van der Waals surface area contributed by atoms with Crippen molar-refractivity contribution in [3.8, 4) is 0 Å². The predicted octanol–water partition coefficient (Wildman–Crippen LogP) is 3.06. The van der Waals surface area contributed by atoms with Gasteiger partial charge in [0.25, 0.3) is 0 Å². The third-order valence-electron chi connectivity index (χ3n) is 5.35. The highest BCUT2D eigenvalue weighted by Gasteiger charge is 2.27. The monoisotopic (exact) mass is 431 g/mol. The van der Waals surface area contributed by atoms with E-state index in [-0.39, 0.29) is 22.1 Å². The van der Waals surface area contributed by atoms with Crippen LogP contribution in [0.2, 0.25) is 0 Å². The van der Waals surface area contributed by atoms with E-state index in [0.29, 0.717) is 5.69 Å². The first kappa shape index (κ1) is 20.4. The van der Waals surface area contributed by atoms with Gasteiger partial charge in [0.1, 0.15) is 0 Å². The molecular weight excluding hydrogens is 406 g/mol. The largest absolute Gasteiger partial charge is 0.324 e. The summed E-state index contributed by atoms with van der Waals surface area (Å²) in [6.45, 7) is 4.44. The number of hydrogen-bond acceptors (Lipinski definition) is 5. The Hall–Kier alpha value is -1.87. The van der Waals surface area contributed by atoms with Crippen molar-refractivity contribution in [2.45, 2.75) is 47.4 Å². The molecule has 0 radical (unpaired) electrons. The second-order valence-corrected chi connectivity index (χ2v) is 10.7. The number of carbonyl (C=O) groups is 1. The molecule has 0 bridgehead atoms. The zero-order chi connectivity index (χ0) is 20.4. The van der Waals surface area contributed by atoms with Crippen molar-refractivity contribution in [3.05, 3.63) is 54.1 Å². The molecule has 154 valence electrons. The van der Waals surface area contributed by atoms with Crippen LogP contribution in [0.5, 0.6) is 0 Å². The first-order valence-corrected chi connectivity index (χ1v) is 12.2. The summed E-state index contributed by atoms with van der Waals surface area (Å²) in [4.78, 5) is 15.3. The summed E-state index contributed by atoms with van der Waals surface area (Å²) in [7, 11) is -3.63. The number of nitrogens with zero attached hydrogens (tertiary/aromatic N) is 1. The molecular formula is C21H25N3O3S2. The summed E-state index contributed by atoms with van der Waals surface area (Å²) in [6, 6.07) is 15.2. The Labute approximate surface area is 176 Å². The molecule has 2 aromatic carbocycles. The Morgan fingerprint density at radius 1 is 1.14 bits per heavy atom. The maximum Gasteiger partial charge on any atom is 0.240 e. The maximum atomic E-state index is 12.9. The average molecular weight is 432 g/mol. The number of thioether (sulfide) groups is 1. The number of rotatable bonds is 5. The number of sulfonamides is 1. The van der Waals surface area contributed by atoms with E-state index in [1.54, 1.807) is 18.2 Å². The zero-order valence-corrected chi connectivity index (χ0v) is 17.9. The van der Waals surface area contributed by atoms with Gasteiger partial charge < -0.3 is 5.32 Å². The van der Waals surface area contributed by atoms with Gasteiger partial charge in [-0.05, 0) is 43.5 Å². The molecule has 0 saturated carbocycles. The van der Waals surface area contributed by atoms with Crippen LogP contribution in [0.15, 0.2) is 58.3 Å². The minimum absolute atomic E-state index is 0.0768. The van der Waals surface area contributed by atoms with Crippen LogP contribution < -0.4 is 10.0 Å². The molecule has 8 heteroatoms. The van der Waals surface area contributed by atoms with Crippen molar-refractivity contribution in [3.63, 3.8) is 0 Å². The summed E-state index contributed by atoms with van der Waals surface area (Å²) in [5.41, 5.74) is 1.84. The molecule has 1 saturated heterocycles. The number of hydrogen-bond donors (Lipinski definition) is 2. The van der Waals surface area contributed by atoms with E-state index >= 15 is 0 Å². The number of likely N-dealkylation sites (tertiary alicyclic amines) is 1. The second-order valence-electron chi connectivity index (χ2n) is 7.56. The van der Waals surface area contributed by atoms with E-state index < -0.39 is 10.0 Å². The van der Waals surface area contributed by atoms with Crippen molar-refractivity contribution in [2.24, 2.45) is 0 Å². The maximum absolute atomic E-state index is 12.9. The van der Waals surface area contributed by atoms with Crippen molar-refractivity contribution < 1.29 is 13.2 Å². The lowest BCUT2D eigenvalue weighted by Crippen LogP contribution is -2.44. The molecule has 29 heavy (non-hydrogen) atoms. The van der Waals surface area contributed by atoms with Gasteiger partial charge in [-0.15, -0.1) is 11.8 Å². The fourth-order valence-electron chi connectivity index (χ4n) is 3.69. The molecule has 1 atom stereocenters. The van der Waals surface area contributed by atoms with E-state index in [2.05, 4.69) is 27.1 Å². The summed E-state index contributed by atoms with van der Waals surface area (Å²) in [5, 5.41) is 2.62. The number of benzene rings is 2. The zero-order valence-electron chi connectivity index (χ0n) is 16.3. The van der Waals surface area contributed by atoms with Gasteiger partial charge in [0.2, 0.25) is 15.9 Å². The third-order valence-corrected chi connectivity index (χ3v) is 8.05. The van der Waals surface area contributed by atoms with E-state index in [9.17, 15) is 13.2 Å². The molecule has 1 amide bonds. The van der Waals surface area contributed by atoms with Crippen LogP contribution in [0.4, 0.5) is 5.69 Å². The lowest BCUT2D eigenvalue weighted by atomic mass is 10.1. The Morgan fingerprint density at radius 3 is 2.59 bits per heavy atom. The van der Waals surface area contributed by atoms with E-state index in [1.807, 2.05) is 25.1 Å². The minimum Gasteiger partial charge on any atom is -0.324 e. The van der Waals surface area contributed by atoms with Crippen LogP contribution in [-0.4, -0.2) is 43.6 Å². The number of nitrogens with one attached hydrogen (secondary N) is 2. The van der Waals surface area contributed by atoms with Crippen LogP contribution in [0, 0.1) is 0 Å². The SMILES string of the molecule is CC1Sc2ccc(S(=O)(=O)NC3CCN(Cc4ccccc4)CC3)cc2NC1=O. The van der Waals surface area contributed by atoms with Gasteiger partial charge in [-0.2, -0.15) is 0 Å². The first-order valence-electron chi connectivity index (χ1n) is 9.81. The van der Waals surface area contributed by atoms with Gasteiger partial charge in [-0.25, -0.2) is 13.1 Å². The summed E-state index contributed by atoms with van der Waals surface area (Å²) in [5.74, 6) is -0.101. The molecule has 0 aliphatic carbocycles. The number of carbonyl (C=O) groups excluding carboxylic acids is 1. The highest BCUT2D eigenvalue weighted by molar-refractivity contribution is 8.01. The van der Waals surface area contributed by atoms with Crippen LogP contribution in [0.3, 0.4) is 0 Å². The Balaban J connectivity index is 1.37. The lowest BCUT2D eigenvalue weighted by Gasteiger charge is -2.32. The van der Waals surface area contributed by atoms with Gasteiger partial charge in [0.05, 0.1) is 15.8 Å². The van der Waals surface area contributed by atoms with E-state index in [1.165, 1.54) is 17.3 Å². The summed E-state index contributed by atoms with van der Waals surface area (Å²) in [6.07, 6.45) is 1.56. The topological polar surface area (TPSA) is 78.5 Å². The summed E-state index contributed by atoms with van der Waals surface area (Å²) < 4.78 is 28.6. The van der Waals surface area contributed by atoms with Crippen LogP contribution in [0.1, 0.15) is 25.3 Å². The van der Waals surface area contributed by atoms with Crippen molar-refractivity contribution in [1.29, 1.82) is 0 Å². The Kier molecular flexibility index (Phi) is 5.96. The normalized spacial score (nSPS) is 20.9. The van der Waals surface area contributed by atoms with Gasteiger partial charge in [0, 0.05) is 30.6 Å². The molecule has 0 aromatic heterocycles. The highest BCUT2D eigenvalue weighted by atomic mass is 32.2. The predicted molar refractivity (Wildman–Crippen MR) is 115 cm³/mol. The van der Waals surface area contributed by atoms with Crippen molar-refractivity contribution in [1.82, 2.24) is 9.62 Å². The van der Waals surface area contributed by atoms with Crippen LogP contribution in [-0.2, 0) is 21.4 Å². The quantitative estimate of drug-likeness (QED) is 0.761. The number of anilines is 1. The fourth-order valence-corrected chi connectivity index (χ4v) is 5.95. The van der Waals surface area contributed by atoms with Gasteiger partial charge in [-0.1, -0.05) is 30.3 Å². The molecule has 6 nitrogen and oxygen atoms in total. The fraction of sp³-hybridized carbons (Fsp3) is 0.381. The molecule has 4 rings (SSSR count). The van der Waals surface area contributed by atoms with Crippen LogP contribution in [0.25, 0.3) is 0 Å². The molecule has 0 spiro atoms.